The van der Waals surface area contributed by atoms with Crippen molar-refractivity contribution in [2.24, 2.45) is 0 Å². The van der Waals surface area contributed by atoms with Gasteiger partial charge < -0.3 is 9.47 Å². The van der Waals surface area contributed by atoms with Crippen LogP contribution in [0.2, 0.25) is 0 Å². The molecule has 0 N–H and O–H groups in total. The Bertz CT molecular complexity index is 1850. The zero-order valence-electron chi connectivity index (χ0n) is 22.2. The van der Waals surface area contributed by atoms with Crippen molar-refractivity contribution in [3.63, 3.8) is 0 Å². The summed E-state index contributed by atoms with van der Waals surface area (Å²) < 4.78 is 12.4. The maximum Gasteiger partial charge on any atom is 0.162 e. The molecule has 0 radical (unpaired) electrons. The van der Waals surface area contributed by atoms with Gasteiger partial charge in [-0.3, -0.25) is 0 Å². The van der Waals surface area contributed by atoms with Crippen LogP contribution in [0.15, 0.2) is 127 Å². The second kappa shape index (κ2) is 12.3. The summed E-state index contributed by atoms with van der Waals surface area (Å²) in [6.45, 7) is 0.834. The van der Waals surface area contributed by atoms with E-state index in [9.17, 15) is 5.26 Å². The third-order valence-corrected chi connectivity index (χ3v) is 7.53. The number of aromatic nitrogens is 1. The lowest BCUT2D eigenvalue weighted by Gasteiger charge is -2.14. The van der Waals surface area contributed by atoms with Gasteiger partial charge in [0.15, 0.2) is 11.5 Å². The van der Waals surface area contributed by atoms with Crippen LogP contribution < -0.4 is 9.47 Å². The maximum absolute atomic E-state index is 10.0. The zero-order valence-corrected chi connectivity index (χ0v) is 23.1. The van der Waals surface area contributed by atoms with Crippen molar-refractivity contribution in [1.29, 1.82) is 5.26 Å². The fourth-order valence-corrected chi connectivity index (χ4v) is 5.30. The molecule has 0 saturated carbocycles. The Kier molecular flexibility index (Phi) is 7.84. The summed E-state index contributed by atoms with van der Waals surface area (Å²) in [6.07, 6.45) is 1.85. The zero-order chi connectivity index (χ0) is 27.9. The Morgan fingerprint density at radius 1 is 0.707 bits per heavy atom. The molecule has 41 heavy (non-hydrogen) atoms. The van der Waals surface area contributed by atoms with Crippen molar-refractivity contribution >= 4 is 33.8 Å². The number of nitrogens with zero attached hydrogens (tertiary/aromatic N) is 2. The third kappa shape index (κ3) is 6.36. The minimum Gasteiger partial charge on any atom is -0.485 e. The van der Waals surface area contributed by atoms with E-state index >= 15 is 0 Å². The van der Waals surface area contributed by atoms with E-state index in [2.05, 4.69) is 36.4 Å². The summed E-state index contributed by atoms with van der Waals surface area (Å²) in [5.41, 5.74) is 5.34. The number of benzene rings is 5. The molecule has 0 spiro atoms. The van der Waals surface area contributed by atoms with Gasteiger partial charge in [-0.15, -0.1) is 11.3 Å². The molecular formula is C36H26N2O2S. The Morgan fingerprint density at radius 3 is 2.07 bits per heavy atom. The van der Waals surface area contributed by atoms with E-state index in [1.807, 2.05) is 102 Å². The summed E-state index contributed by atoms with van der Waals surface area (Å²) in [5.74, 6) is 1.26. The average Bonchev–Trinajstić information content (AvgIpc) is 3.53. The van der Waals surface area contributed by atoms with Crippen LogP contribution in [0.3, 0.4) is 0 Å². The van der Waals surface area contributed by atoms with E-state index < -0.39 is 0 Å². The molecule has 4 nitrogen and oxygen atoms in total. The van der Waals surface area contributed by atoms with E-state index in [0.29, 0.717) is 35.3 Å². The normalized spacial score (nSPS) is 11.2. The van der Waals surface area contributed by atoms with Crippen molar-refractivity contribution in [3.8, 4) is 28.8 Å². The smallest absolute Gasteiger partial charge is 0.162 e. The van der Waals surface area contributed by atoms with Crippen LogP contribution >= 0.6 is 11.3 Å². The minimum atomic E-state index is 0.405. The minimum absolute atomic E-state index is 0.405. The standard InChI is InChI=1S/C36H26N2O2S/c37-22-32(36-38-33(25-41-36)31-17-16-29-13-7-8-14-30(29)21-31)19-28-15-18-34(39-23-26-9-3-1-4-10-26)35(20-28)40-24-27-11-5-2-6-12-27/h1-21,25H,23-24H2. The van der Waals surface area contributed by atoms with Crippen LogP contribution in [0.1, 0.15) is 21.7 Å². The van der Waals surface area contributed by atoms with Gasteiger partial charge in [-0.05, 0) is 51.7 Å². The van der Waals surface area contributed by atoms with Crippen molar-refractivity contribution in [1.82, 2.24) is 4.98 Å². The second-order valence-corrected chi connectivity index (χ2v) is 10.4. The molecule has 0 amide bonds. The fourth-order valence-electron chi connectivity index (χ4n) is 4.50. The first-order chi connectivity index (χ1) is 20.2. The van der Waals surface area contributed by atoms with Crippen LogP contribution in [-0.4, -0.2) is 4.98 Å². The molecular weight excluding hydrogens is 524 g/mol. The van der Waals surface area contributed by atoms with E-state index in [1.54, 1.807) is 0 Å². The first-order valence-electron chi connectivity index (χ1n) is 13.3. The molecule has 0 aliphatic heterocycles. The molecule has 198 valence electrons. The lowest BCUT2D eigenvalue weighted by Crippen LogP contribution is -2.01. The Hall–Kier alpha value is -5.18. The molecule has 0 bridgehead atoms. The highest BCUT2D eigenvalue weighted by Gasteiger charge is 2.12. The molecule has 0 atom stereocenters. The lowest BCUT2D eigenvalue weighted by atomic mass is 10.1. The Labute approximate surface area is 243 Å². The topological polar surface area (TPSA) is 55.1 Å². The summed E-state index contributed by atoms with van der Waals surface area (Å²) in [7, 11) is 0. The van der Waals surface area contributed by atoms with Gasteiger partial charge in [-0.2, -0.15) is 5.26 Å². The van der Waals surface area contributed by atoms with Crippen LogP contribution in [-0.2, 0) is 13.2 Å². The Morgan fingerprint density at radius 2 is 1.37 bits per heavy atom. The molecule has 0 saturated heterocycles. The second-order valence-electron chi connectivity index (χ2n) is 9.52. The first kappa shape index (κ1) is 26.1. The molecule has 0 fully saturated rings. The van der Waals surface area contributed by atoms with Crippen LogP contribution in [0.4, 0.5) is 0 Å². The van der Waals surface area contributed by atoms with Gasteiger partial charge in [0.25, 0.3) is 0 Å². The van der Waals surface area contributed by atoms with E-state index in [-0.39, 0.29) is 0 Å². The first-order valence-corrected chi connectivity index (χ1v) is 14.2. The fraction of sp³-hybridized carbons (Fsp3) is 0.0556. The van der Waals surface area contributed by atoms with Crippen molar-refractivity contribution in [2.45, 2.75) is 13.2 Å². The monoisotopic (exact) mass is 550 g/mol. The number of nitriles is 1. The largest absolute Gasteiger partial charge is 0.485 e. The Balaban J connectivity index is 1.27. The molecule has 1 heterocycles. The number of rotatable bonds is 9. The van der Waals surface area contributed by atoms with Gasteiger partial charge >= 0.3 is 0 Å². The van der Waals surface area contributed by atoms with E-state index in [0.717, 1.165) is 33.3 Å². The molecule has 0 aliphatic carbocycles. The van der Waals surface area contributed by atoms with Gasteiger partial charge in [-0.25, -0.2) is 4.98 Å². The summed E-state index contributed by atoms with van der Waals surface area (Å²) in [6, 6.07) is 42.7. The molecule has 6 aromatic rings. The highest BCUT2D eigenvalue weighted by Crippen LogP contribution is 2.33. The predicted octanol–water partition coefficient (Wildman–Crippen LogP) is 9.19. The number of fused-ring (bicyclic) bond motifs is 1. The highest BCUT2D eigenvalue weighted by molar-refractivity contribution is 7.11. The van der Waals surface area contributed by atoms with Gasteiger partial charge in [-0.1, -0.05) is 103 Å². The number of ether oxygens (including phenoxy) is 2. The molecule has 0 aliphatic rings. The molecule has 1 aromatic heterocycles. The van der Waals surface area contributed by atoms with Crippen molar-refractivity contribution in [2.75, 3.05) is 0 Å². The SMILES string of the molecule is N#CC(=Cc1ccc(OCc2ccccc2)c(OCc2ccccc2)c1)c1nc(-c2ccc3ccccc3c2)cs1. The molecule has 5 aromatic carbocycles. The number of thiazole rings is 1. The van der Waals surface area contributed by atoms with Crippen LogP contribution in [0.5, 0.6) is 11.5 Å². The van der Waals surface area contributed by atoms with Crippen molar-refractivity contribution in [3.05, 3.63) is 148 Å². The molecule has 5 heteroatoms. The van der Waals surface area contributed by atoms with Gasteiger partial charge in [0.2, 0.25) is 0 Å². The summed E-state index contributed by atoms with van der Waals surface area (Å²) >= 11 is 1.46. The highest BCUT2D eigenvalue weighted by atomic mass is 32.1. The summed E-state index contributed by atoms with van der Waals surface area (Å²) in [4.78, 5) is 4.81. The number of hydrogen-bond donors (Lipinski definition) is 0. The third-order valence-electron chi connectivity index (χ3n) is 6.65. The van der Waals surface area contributed by atoms with Gasteiger partial charge in [0, 0.05) is 10.9 Å². The summed E-state index contributed by atoms with van der Waals surface area (Å²) in [5, 5.41) is 15.1. The van der Waals surface area contributed by atoms with Crippen molar-refractivity contribution < 1.29 is 9.47 Å². The van der Waals surface area contributed by atoms with E-state index in [1.165, 1.54) is 16.7 Å². The average molecular weight is 551 g/mol. The predicted molar refractivity (Wildman–Crippen MR) is 167 cm³/mol. The van der Waals surface area contributed by atoms with Crippen LogP contribution in [0.25, 0.3) is 33.7 Å². The van der Waals surface area contributed by atoms with E-state index in [4.69, 9.17) is 14.5 Å². The number of allylic oxidation sites excluding steroid dienone is 1. The van der Waals surface area contributed by atoms with Gasteiger partial charge in [0.1, 0.15) is 24.3 Å². The quantitative estimate of drug-likeness (QED) is 0.168. The van der Waals surface area contributed by atoms with Gasteiger partial charge in [0.05, 0.1) is 11.3 Å². The van der Waals surface area contributed by atoms with Crippen LogP contribution in [0, 0.1) is 11.3 Å². The maximum atomic E-state index is 10.0. The lowest BCUT2D eigenvalue weighted by molar-refractivity contribution is 0.256. The number of hydrogen-bond acceptors (Lipinski definition) is 5. The molecule has 6 rings (SSSR count). The molecule has 0 unspecified atom stereocenters.